The number of hydrogen-bond acceptors (Lipinski definition) is 7. The van der Waals surface area contributed by atoms with Gasteiger partial charge >= 0.3 is 6.03 Å². The number of ketones is 1. The number of hydrogen-bond donors (Lipinski definition) is 4. The Kier molecular flexibility index (Phi) is 12.0. The lowest BCUT2D eigenvalue weighted by atomic mass is 9.83. The molecule has 1 saturated heterocycles. The fourth-order valence-electron chi connectivity index (χ4n) is 7.93. The van der Waals surface area contributed by atoms with E-state index in [2.05, 4.69) is 21.3 Å². The van der Waals surface area contributed by atoms with Crippen molar-refractivity contribution in [2.45, 2.75) is 148 Å². The summed E-state index contributed by atoms with van der Waals surface area (Å²) in [6, 6.07) is -3.74. The van der Waals surface area contributed by atoms with Crippen LogP contribution >= 0.6 is 0 Å². The Labute approximate surface area is 303 Å². The SMILES string of the molecule is CCC[C@H](NC(=O)[C@@H]1[C@@H]2[C@H](CN1C(=O)[C@@H](NC(=O)NC1(CS(=O)(=O)N(C)C(C)(C)CF)CCCCC1)C(C)(C)C)C2(C)C)C(=O)C(=O)NC1CC1. The topological polar surface area (TPSA) is 174 Å². The molecule has 13 nitrogen and oxygen atoms in total. The smallest absolute Gasteiger partial charge is 0.315 e. The third-order valence-corrected chi connectivity index (χ3v) is 14.0. The molecule has 290 valence electrons. The van der Waals surface area contributed by atoms with Crippen molar-refractivity contribution in [3.63, 3.8) is 0 Å². The molecule has 4 N–H and O–H groups in total. The van der Waals surface area contributed by atoms with Gasteiger partial charge in [0.05, 0.1) is 22.9 Å². The fraction of sp³-hybridized carbons (Fsp3) is 0.861. The molecular weight excluding hydrogens is 679 g/mol. The number of fused-ring (bicyclic) bond motifs is 1. The van der Waals surface area contributed by atoms with Gasteiger partial charge in [-0.25, -0.2) is 17.6 Å². The average Bonchev–Trinajstić information content (AvgIpc) is 3.89. The van der Waals surface area contributed by atoms with Crippen LogP contribution in [0.3, 0.4) is 0 Å². The van der Waals surface area contributed by atoms with Gasteiger partial charge < -0.3 is 26.2 Å². The van der Waals surface area contributed by atoms with E-state index in [1.54, 1.807) is 20.8 Å². The molecule has 5 amide bonds. The van der Waals surface area contributed by atoms with Gasteiger partial charge in [-0.05, 0) is 68.6 Å². The molecule has 4 fully saturated rings. The zero-order valence-electron chi connectivity index (χ0n) is 32.0. The Bertz CT molecular complexity index is 1470. The van der Waals surface area contributed by atoms with E-state index >= 15 is 0 Å². The Morgan fingerprint density at radius 3 is 2.12 bits per heavy atom. The summed E-state index contributed by atoms with van der Waals surface area (Å²) in [6.07, 6.45) is 5.54. The maximum Gasteiger partial charge on any atom is 0.315 e. The fourth-order valence-corrected chi connectivity index (χ4v) is 9.99. The number of urea groups is 1. The maximum atomic E-state index is 14.5. The van der Waals surface area contributed by atoms with Gasteiger partial charge in [0.25, 0.3) is 5.91 Å². The second kappa shape index (κ2) is 14.9. The van der Waals surface area contributed by atoms with Gasteiger partial charge in [-0.2, -0.15) is 4.31 Å². The third-order valence-electron chi connectivity index (χ3n) is 11.7. The molecule has 4 rings (SSSR count). The number of Topliss-reactive ketones (excluding diaryl/α,β-unsaturated/α-hetero) is 1. The van der Waals surface area contributed by atoms with Crippen molar-refractivity contribution in [3.05, 3.63) is 0 Å². The number of carbonyl (C=O) groups excluding carboxylic acids is 5. The minimum absolute atomic E-state index is 0.0123. The van der Waals surface area contributed by atoms with Crippen LogP contribution in [0.5, 0.6) is 0 Å². The van der Waals surface area contributed by atoms with E-state index in [0.29, 0.717) is 32.1 Å². The van der Waals surface area contributed by atoms with Crippen molar-refractivity contribution < 1.29 is 36.8 Å². The number of nitrogens with zero attached hydrogens (tertiary/aromatic N) is 2. The lowest BCUT2D eigenvalue weighted by Crippen LogP contribution is -2.64. The van der Waals surface area contributed by atoms with Crippen molar-refractivity contribution in [3.8, 4) is 0 Å². The average molecular weight is 741 g/mol. The van der Waals surface area contributed by atoms with Crippen LogP contribution in [0.4, 0.5) is 9.18 Å². The number of halogens is 1. The van der Waals surface area contributed by atoms with E-state index in [0.717, 1.165) is 23.6 Å². The van der Waals surface area contributed by atoms with Gasteiger partial charge in [0.15, 0.2) is 0 Å². The Morgan fingerprint density at radius 1 is 0.980 bits per heavy atom. The number of likely N-dealkylation sites (tertiary alicyclic amines) is 1. The summed E-state index contributed by atoms with van der Waals surface area (Å²) < 4.78 is 41.9. The number of nitrogens with one attached hydrogen (secondary N) is 4. The van der Waals surface area contributed by atoms with E-state index in [1.165, 1.54) is 25.8 Å². The molecule has 0 radical (unpaired) electrons. The standard InChI is InChI=1S/C36H61FN6O7S/c1-10-14-24(27(44)30(46)38-22-15-16-22)39-29(45)26-25-23(35(25,7)8)19-43(26)31(47)28(33(2,3)4)40-32(48)41-36(17-12-11-13-18-36)21-51(49,50)42(9)34(5,6)20-37/h22-26,28H,10-21H2,1-9H3,(H,38,46)(H,39,45)(H2,40,41,48)/t23-,24-,25-,26-,28+/m0/s1. The van der Waals surface area contributed by atoms with Crippen LogP contribution in [0.25, 0.3) is 0 Å². The molecular formula is C36H61FN6O7S. The van der Waals surface area contributed by atoms with Crippen LogP contribution in [0.1, 0.15) is 113 Å². The van der Waals surface area contributed by atoms with E-state index in [-0.39, 0.29) is 36.3 Å². The van der Waals surface area contributed by atoms with Gasteiger partial charge in [0.2, 0.25) is 27.6 Å². The van der Waals surface area contributed by atoms with Gasteiger partial charge in [0, 0.05) is 19.6 Å². The first-order chi connectivity index (χ1) is 23.5. The molecule has 0 aromatic rings. The zero-order valence-corrected chi connectivity index (χ0v) is 32.8. The van der Waals surface area contributed by atoms with Crippen molar-refractivity contribution in [2.75, 3.05) is 26.0 Å². The first kappa shape index (κ1) is 41.0. The maximum absolute atomic E-state index is 14.5. The molecule has 0 spiro atoms. The highest BCUT2D eigenvalue weighted by Gasteiger charge is 2.70. The molecule has 0 unspecified atom stereocenters. The van der Waals surface area contributed by atoms with Crippen molar-refractivity contribution in [1.29, 1.82) is 0 Å². The van der Waals surface area contributed by atoms with E-state index in [9.17, 15) is 36.8 Å². The number of sulfonamides is 1. The highest BCUT2D eigenvalue weighted by molar-refractivity contribution is 7.89. The lowest BCUT2D eigenvalue weighted by Gasteiger charge is -2.42. The van der Waals surface area contributed by atoms with Crippen LogP contribution < -0.4 is 21.3 Å². The molecule has 0 bridgehead atoms. The first-order valence-corrected chi connectivity index (χ1v) is 20.2. The summed E-state index contributed by atoms with van der Waals surface area (Å²) in [5, 5.41) is 11.3. The first-order valence-electron chi connectivity index (χ1n) is 18.6. The minimum atomic E-state index is -4.00. The van der Waals surface area contributed by atoms with Gasteiger partial charge in [-0.1, -0.05) is 67.2 Å². The van der Waals surface area contributed by atoms with Gasteiger partial charge in [-0.3, -0.25) is 19.2 Å². The van der Waals surface area contributed by atoms with Crippen LogP contribution in [0.15, 0.2) is 0 Å². The molecule has 4 aliphatic rings. The Balaban J connectivity index is 1.54. The van der Waals surface area contributed by atoms with E-state index in [1.807, 2.05) is 20.8 Å². The van der Waals surface area contributed by atoms with Crippen LogP contribution in [-0.2, 0) is 29.2 Å². The van der Waals surface area contributed by atoms with Crippen molar-refractivity contribution >= 4 is 39.6 Å². The largest absolute Gasteiger partial charge is 0.347 e. The van der Waals surface area contributed by atoms with Crippen LogP contribution in [-0.4, -0.2) is 108 Å². The molecule has 1 aliphatic heterocycles. The van der Waals surface area contributed by atoms with Crippen LogP contribution in [0.2, 0.25) is 0 Å². The Morgan fingerprint density at radius 2 is 1.59 bits per heavy atom. The molecule has 1 heterocycles. The highest BCUT2D eigenvalue weighted by Crippen LogP contribution is 2.65. The van der Waals surface area contributed by atoms with E-state index in [4.69, 9.17) is 0 Å². The lowest BCUT2D eigenvalue weighted by molar-refractivity contribution is -0.145. The molecule has 5 atom stereocenters. The third kappa shape index (κ3) is 9.05. The van der Waals surface area contributed by atoms with Gasteiger partial charge in [0.1, 0.15) is 18.8 Å². The molecule has 0 aromatic heterocycles. The summed E-state index contributed by atoms with van der Waals surface area (Å²) in [7, 11) is -2.65. The number of piperidine rings is 1. The van der Waals surface area contributed by atoms with Gasteiger partial charge in [-0.15, -0.1) is 0 Å². The summed E-state index contributed by atoms with van der Waals surface area (Å²) in [5.74, 6) is -2.93. The van der Waals surface area contributed by atoms with Crippen molar-refractivity contribution in [2.24, 2.45) is 22.7 Å². The monoisotopic (exact) mass is 740 g/mol. The summed E-state index contributed by atoms with van der Waals surface area (Å²) in [5.41, 5.74) is -3.42. The molecule has 51 heavy (non-hydrogen) atoms. The summed E-state index contributed by atoms with van der Waals surface area (Å²) in [4.78, 5) is 69.5. The minimum Gasteiger partial charge on any atom is -0.347 e. The number of carbonyl (C=O) groups is 5. The molecule has 3 saturated carbocycles. The Hall–Kier alpha value is -2.81. The van der Waals surface area contributed by atoms with Crippen molar-refractivity contribution in [1.82, 2.24) is 30.5 Å². The second-order valence-corrected chi connectivity index (χ2v) is 19.8. The predicted molar refractivity (Wildman–Crippen MR) is 192 cm³/mol. The highest BCUT2D eigenvalue weighted by atomic mass is 32.2. The second-order valence-electron chi connectivity index (χ2n) is 17.8. The number of rotatable bonds is 15. The zero-order chi connectivity index (χ0) is 38.3. The quantitative estimate of drug-likeness (QED) is 0.187. The number of amides is 5. The van der Waals surface area contributed by atoms with Crippen LogP contribution in [0, 0.1) is 22.7 Å². The molecule has 15 heteroatoms. The molecule has 3 aliphatic carbocycles. The number of alkyl halides is 1. The van der Waals surface area contributed by atoms with E-state index < -0.39 is 86.6 Å². The summed E-state index contributed by atoms with van der Waals surface area (Å²) in [6.45, 7) is 13.8. The molecule has 0 aromatic carbocycles. The summed E-state index contributed by atoms with van der Waals surface area (Å²) >= 11 is 0. The normalized spacial score (nSPS) is 25.3. The predicted octanol–water partition coefficient (Wildman–Crippen LogP) is 3.03.